The highest BCUT2D eigenvalue weighted by molar-refractivity contribution is 9.10. The zero-order valence-corrected chi connectivity index (χ0v) is 10.8. The normalized spacial score (nSPS) is 13.3. The molecule has 1 atom stereocenters. The Morgan fingerprint density at radius 2 is 1.80 bits per heavy atom. The summed E-state index contributed by atoms with van der Waals surface area (Å²) in [5, 5.41) is 2.86. The first-order valence-electron chi connectivity index (χ1n) is 4.91. The van der Waals surface area contributed by atoms with E-state index >= 15 is 0 Å². The van der Waals surface area contributed by atoms with Gasteiger partial charge in [0.15, 0.2) is 0 Å². The molecule has 0 saturated heterocycles. The molecule has 1 amide bonds. The number of rotatable bonds is 2. The molecular weight excluding hydrogens is 254 g/mol. The van der Waals surface area contributed by atoms with E-state index in [9.17, 15) is 4.79 Å². The maximum atomic E-state index is 11.8. The van der Waals surface area contributed by atoms with Crippen LogP contribution in [-0.2, 0) is 4.79 Å². The molecule has 3 heteroatoms. The van der Waals surface area contributed by atoms with Gasteiger partial charge in [0.05, 0.1) is 4.83 Å². The molecular formula is C12H16BrNO. The number of hydrogen-bond acceptors (Lipinski definition) is 1. The summed E-state index contributed by atoms with van der Waals surface area (Å²) in [6, 6.07) is 9.47. The highest BCUT2D eigenvalue weighted by Crippen LogP contribution is 2.27. The second-order valence-corrected chi connectivity index (χ2v) is 5.50. The lowest BCUT2D eigenvalue weighted by Gasteiger charge is -2.24. The summed E-state index contributed by atoms with van der Waals surface area (Å²) in [5.74, 6) is -0.00583. The van der Waals surface area contributed by atoms with E-state index in [1.54, 1.807) is 0 Å². The molecule has 82 valence electrons. The predicted molar refractivity (Wildman–Crippen MR) is 67.2 cm³/mol. The summed E-state index contributed by atoms with van der Waals surface area (Å²) in [4.78, 5) is 11.6. The first-order chi connectivity index (χ1) is 6.91. The number of nitrogens with one attached hydrogen (secondary N) is 1. The lowest BCUT2D eigenvalue weighted by atomic mass is 9.92. The average molecular weight is 270 g/mol. The Bertz CT molecular complexity index is 329. The molecule has 0 heterocycles. The van der Waals surface area contributed by atoms with Crippen molar-refractivity contribution in [1.29, 1.82) is 0 Å². The number of alkyl halides is 1. The van der Waals surface area contributed by atoms with Gasteiger partial charge in [0.2, 0.25) is 5.91 Å². The molecule has 0 aromatic heterocycles. The van der Waals surface area contributed by atoms with Crippen molar-refractivity contribution in [3.05, 3.63) is 30.3 Å². The molecule has 1 N–H and O–H groups in total. The van der Waals surface area contributed by atoms with Crippen LogP contribution in [0, 0.1) is 5.41 Å². The van der Waals surface area contributed by atoms with Crippen LogP contribution in [0.5, 0.6) is 0 Å². The van der Waals surface area contributed by atoms with Crippen LogP contribution >= 0.6 is 15.9 Å². The topological polar surface area (TPSA) is 29.1 Å². The minimum atomic E-state index is -0.190. The number of carbonyl (C=O) groups is 1. The third-order valence-electron chi connectivity index (χ3n) is 2.03. The van der Waals surface area contributed by atoms with Gasteiger partial charge in [-0.25, -0.2) is 0 Å². The fourth-order valence-electron chi connectivity index (χ4n) is 1.12. The molecule has 1 rings (SSSR count). The van der Waals surface area contributed by atoms with Gasteiger partial charge in [0, 0.05) is 5.69 Å². The minimum Gasteiger partial charge on any atom is -0.325 e. The molecule has 0 aliphatic rings. The fraction of sp³-hybridized carbons (Fsp3) is 0.417. The third kappa shape index (κ3) is 3.67. The number of carbonyl (C=O) groups excluding carboxylic acids is 1. The van der Waals surface area contributed by atoms with Crippen molar-refractivity contribution in [2.75, 3.05) is 5.32 Å². The van der Waals surface area contributed by atoms with E-state index in [-0.39, 0.29) is 16.1 Å². The largest absolute Gasteiger partial charge is 0.325 e. The van der Waals surface area contributed by atoms with Crippen LogP contribution in [0.15, 0.2) is 30.3 Å². The number of anilines is 1. The Hall–Kier alpha value is -0.830. The lowest BCUT2D eigenvalue weighted by Crippen LogP contribution is -2.33. The van der Waals surface area contributed by atoms with Crippen molar-refractivity contribution in [1.82, 2.24) is 0 Å². The molecule has 0 saturated carbocycles. The Kier molecular flexibility index (Phi) is 3.91. The lowest BCUT2D eigenvalue weighted by molar-refractivity contribution is -0.117. The fourth-order valence-corrected chi connectivity index (χ4v) is 1.23. The molecule has 1 aromatic rings. The van der Waals surface area contributed by atoms with E-state index in [0.717, 1.165) is 5.69 Å². The van der Waals surface area contributed by atoms with E-state index < -0.39 is 0 Å². The van der Waals surface area contributed by atoms with Crippen LogP contribution in [0.25, 0.3) is 0 Å². The summed E-state index contributed by atoms with van der Waals surface area (Å²) in [7, 11) is 0. The molecule has 0 unspecified atom stereocenters. The standard InChI is InChI=1S/C12H16BrNO/c1-12(2,3)10(13)11(15)14-9-7-5-4-6-8-9/h4-8,10H,1-3H3,(H,14,15)/t10-/m0/s1. The van der Waals surface area contributed by atoms with E-state index in [0.29, 0.717) is 0 Å². The highest BCUT2D eigenvalue weighted by atomic mass is 79.9. The number of hydrogen-bond donors (Lipinski definition) is 1. The van der Waals surface area contributed by atoms with Crippen LogP contribution < -0.4 is 5.32 Å². The Morgan fingerprint density at radius 1 is 1.27 bits per heavy atom. The number of benzene rings is 1. The Labute approximate surface area is 99.2 Å². The summed E-state index contributed by atoms with van der Waals surface area (Å²) in [6.07, 6.45) is 0. The Morgan fingerprint density at radius 3 is 2.27 bits per heavy atom. The van der Waals surface area contributed by atoms with Crippen LogP contribution in [0.3, 0.4) is 0 Å². The summed E-state index contributed by atoms with van der Waals surface area (Å²) >= 11 is 3.41. The number of amides is 1. The molecule has 0 radical (unpaired) electrons. The molecule has 0 aliphatic heterocycles. The average Bonchev–Trinajstić information content (AvgIpc) is 2.16. The van der Waals surface area contributed by atoms with Gasteiger partial charge in [-0.1, -0.05) is 54.9 Å². The predicted octanol–water partition coefficient (Wildman–Crippen LogP) is 3.43. The van der Waals surface area contributed by atoms with E-state index in [4.69, 9.17) is 0 Å². The maximum absolute atomic E-state index is 11.8. The van der Waals surface area contributed by atoms with Gasteiger partial charge in [-0.2, -0.15) is 0 Å². The van der Waals surface area contributed by atoms with Crippen LogP contribution in [0.1, 0.15) is 20.8 Å². The van der Waals surface area contributed by atoms with E-state index in [1.165, 1.54) is 0 Å². The van der Waals surface area contributed by atoms with Crippen molar-refractivity contribution in [2.45, 2.75) is 25.6 Å². The number of halogens is 1. The van der Waals surface area contributed by atoms with Gasteiger partial charge in [-0.3, -0.25) is 4.79 Å². The molecule has 0 fully saturated rings. The smallest absolute Gasteiger partial charge is 0.238 e. The van der Waals surface area contributed by atoms with E-state index in [1.807, 2.05) is 51.1 Å². The Balaban J connectivity index is 2.65. The van der Waals surface area contributed by atoms with Crippen LogP contribution in [0.2, 0.25) is 0 Å². The van der Waals surface area contributed by atoms with Crippen molar-refractivity contribution < 1.29 is 4.79 Å². The van der Waals surface area contributed by atoms with E-state index in [2.05, 4.69) is 21.2 Å². The summed E-state index contributed by atoms with van der Waals surface area (Å²) in [6.45, 7) is 6.07. The van der Waals surface area contributed by atoms with Gasteiger partial charge in [-0.15, -0.1) is 0 Å². The van der Waals surface area contributed by atoms with Gasteiger partial charge < -0.3 is 5.32 Å². The highest BCUT2D eigenvalue weighted by Gasteiger charge is 2.28. The zero-order valence-electron chi connectivity index (χ0n) is 9.25. The molecule has 0 bridgehead atoms. The maximum Gasteiger partial charge on any atom is 0.238 e. The van der Waals surface area contributed by atoms with Gasteiger partial charge >= 0.3 is 0 Å². The SMILES string of the molecule is CC(C)(C)[C@@H](Br)C(=O)Nc1ccccc1. The molecule has 1 aromatic carbocycles. The van der Waals surface area contributed by atoms with Gasteiger partial charge in [-0.05, 0) is 17.5 Å². The second kappa shape index (κ2) is 4.79. The second-order valence-electron chi connectivity index (χ2n) is 4.58. The van der Waals surface area contributed by atoms with Gasteiger partial charge in [0.25, 0.3) is 0 Å². The third-order valence-corrected chi connectivity index (χ3v) is 3.82. The van der Waals surface area contributed by atoms with Gasteiger partial charge in [0.1, 0.15) is 0 Å². The summed E-state index contributed by atoms with van der Waals surface area (Å²) in [5.41, 5.74) is 0.745. The monoisotopic (exact) mass is 269 g/mol. The molecule has 0 spiro atoms. The van der Waals surface area contributed by atoms with Crippen molar-refractivity contribution in [2.24, 2.45) is 5.41 Å². The summed E-state index contributed by atoms with van der Waals surface area (Å²) < 4.78 is 0. The van der Waals surface area contributed by atoms with Crippen molar-refractivity contribution >= 4 is 27.5 Å². The zero-order chi connectivity index (χ0) is 11.5. The molecule has 15 heavy (non-hydrogen) atoms. The first-order valence-corrected chi connectivity index (χ1v) is 5.83. The van der Waals surface area contributed by atoms with Crippen LogP contribution in [-0.4, -0.2) is 10.7 Å². The molecule has 0 aliphatic carbocycles. The van der Waals surface area contributed by atoms with Crippen molar-refractivity contribution in [3.8, 4) is 0 Å². The van der Waals surface area contributed by atoms with Crippen molar-refractivity contribution in [3.63, 3.8) is 0 Å². The minimum absolute atomic E-state index is 0.00583. The quantitative estimate of drug-likeness (QED) is 0.819. The van der Waals surface area contributed by atoms with Crippen LogP contribution in [0.4, 0.5) is 5.69 Å². The number of para-hydroxylation sites is 1. The first kappa shape index (κ1) is 12.2. The molecule has 2 nitrogen and oxygen atoms in total.